The summed E-state index contributed by atoms with van der Waals surface area (Å²) in [6.07, 6.45) is 0. The number of H-pyrrole nitrogens is 1. The van der Waals surface area contributed by atoms with E-state index in [4.69, 9.17) is 11.6 Å². The fourth-order valence-corrected chi connectivity index (χ4v) is 1.99. The summed E-state index contributed by atoms with van der Waals surface area (Å²) in [7, 11) is 1.84. The van der Waals surface area contributed by atoms with Gasteiger partial charge in [-0.25, -0.2) is 4.79 Å². The third kappa shape index (κ3) is 1.58. The van der Waals surface area contributed by atoms with Gasteiger partial charge in [0.25, 0.3) is 0 Å². The van der Waals surface area contributed by atoms with Crippen LogP contribution in [0.1, 0.15) is 0 Å². The van der Waals surface area contributed by atoms with Crippen LogP contribution in [0.3, 0.4) is 0 Å². The Labute approximate surface area is 89.9 Å². The van der Waals surface area contributed by atoms with Crippen LogP contribution < -0.4 is 9.52 Å². The number of halogens is 1. The second kappa shape index (κ2) is 3.55. The monoisotopic (exact) mass is 227 g/mol. The molecular formula is C9H8ClN2OS+. The zero-order valence-corrected chi connectivity index (χ0v) is 9.02. The van der Waals surface area contributed by atoms with Crippen LogP contribution in [0.4, 0.5) is 0 Å². The molecule has 0 amide bonds. The van der Waals surface area contributed by atoms with Gasteiger partial charge in [0, 0.05) is 10.6 Å². The molecule has 0 fully saturated rings. The summed E-state index contributed by atoms with van der Waals surface area (Å²) in [5.74, 6) is 0. The Morgan fingerprint density at radius 3 is 2.50 bits per heavy atom. The first-order valence-electron chi connectivity index (χ1n) is 4.02. The molecule has 0 radical (unpaired) electrons. The SMILES string of the molecule is C[n+]1s[nH]c(=O)c1-c1ccc(Cl)cc1. The molecule has 1 N–H and O–H groups in total. The van der Waals surface area contributed by atoms with Crippen molar-refractivity contribution in [2.45, 2.75) is 0 Å². The zero-order chi connectivity index (χ0) is 10.1. The maximum Gasteiger partial charge on any atom is 0.390 e. The highest BCUT2D eigenvalue weighted by Crippen LogP contribution is 2.15. The number of hydrogen-bond acceptors (Lipinski definition) is 2. The molecule has 1 heterocycles. The number of nitrogens with zero attached hydrogens (tertiary/aromatic N) is 1. The first-order chi connectivity index (χ1) is 6.68. The smallest absolute Gasteiger partial charge is 0.235 e. The number of hydrogen-bond donors (Lipinski definition) is 1. The number of nitrogens with one attached hydrogen (secondary N) is 1. The molecule has 1 aromatic carbocycles. The summed E-state index contributed by atoms with van der Waals surface area (Å²) in [5, 5.41) is 0.670. The molecule has 0 unspecified atom stereocenters. The van der Waals surface area contributed by atoms with Crippen molar-refractivity contribution in [3.63, 3.8) is 0 Å². The first-order valence-corrected chi connectivity index (χ1v) is 5.17. The fraction of sp³-hybridized carbons (Fsp3) is 0.111. The minimum atomic E-state index is -0.0696. The van der Waals surface area contributed by atoms with Gasteiger partial charge in [0.2, 0.25) is 17.4 Å². The van der Waals surface area contributed by atoms with Gasteiger partial charge in [-0.05, 0) is 24.3 Å². The lowest BCUT2D eigenvalue weighted by Crippen LogP contribution is -2.27. The molecule has 0 aliphatic heterocycles. The number of benzene rings is 1. The van der Waals surface area contributed by atoms with Crippen molar-refractivity contribution in [2.24, 2.45) is 7.05 Å². The van der Waals surface area contributed by atoms with E-state index in [9.17, 15) is 4.79 Å². The zero-order valence-electron chi connectivity index (χ0n) is 7.45. The highest BCUT2D eigenvalue weighted by atomic mass is 35.5. The number of aromatic amines is 1. The Bertz CT molecular complexity index is 500. The third-order valence-corrected chi connectivity index (χ3v) is 2.91. The lowest BCUT2D eigenvalue weighted by Gasteiger charge is -1.94. The van der Waals surface area contributed by atoms with E-state index < -0.39 is 0 Å². The van der Waals surface area contributed by atoms with Crippen LogP contribution in [0.5, 0.6) is 0 Å². The highest BCUT2D eigenvalue weighted by molar-refractivity contribution is 6.94. The van der Waals surface area contributed by atoms with Crippen LogP contribution >= 0.6 is 23.3 Å². The molecule has 14 heavy (non-hydrogen) atoms. The average molecular weight is 228 g/mol. The van der Waals surface area contributed by atoms with Gasteiger partial charge in [-0.2, -0.15) is 8.33 Å². The molecule has 0 saturated heterocycles. The lowest BCUT2D eigenvalue weighted by molar-refractivity contribution is -0.590. The Morgan fingerprint density at radius 2 is 2.00 bits per heavy atom. The maximum atomic E-state index is 11.4. The molecule has 0 saturated carbocycles. The fourth-order valence-electron chi connectivity index (χ4n) is 1.27. The van der Waals surface area contributed by atoms with Crippen LogP contribution in [-0.4, -0.2) is 4.37 Å². The molecule has 3 nitrogen and oxygen atoms in total. The lowest BCUT2D eigenvalue weighted by atomic mass is 10.2. The van der Waals surface area contributed by atoms with Gasteiger partial charge >= 0.3 is 5.56 Å². The van der Waals surface area contributed by atoms with Gasteiger partial charge in [-0.15, -0.1) is 0 Å². The van der Waals surface area contributed by atoms with Crippen LogP contribution in [0.2, 0.25) is 5.02 Å². The van der Waals surface area contributed by atoms with Gasteiger partial charge < -0.3 is 0 Å². The van der Waals surface area contributed by atoms with Crippen molar-refractivity contribution >= 4 is 23.3 Å². The van der Waals surface area contributed by atoms with E-state index in [1.807, 2.05) is 19.2 Å². The summed E-state index contributed by atoms with van der Waals surface area (Å²) in [4.78, 5) is 11.4. The van der Waals surface area contributed by atoms with Crippen molar-refractivity contribution in [2.75, 3.05) is 0 Å². The van der Waals surface area contributed by atoms with Gasteiger partial charge in [-0.3, -0.25) is 0 Å². The van der Waals surface area contributed by atoms with E-state index in [0.717, 1.165) is 5.56 Å². The Kier molecular flexibility index (Phi) is 2.39. The van der Waals surface area contributed by atoms with Gasteiger partial charge in [0.15, 0.2) is 0 Å². The molecule has 2 rings (SSSR count). The standard InChI is InChI=1S/C9H7ClN2OS/c1-12-8(9(13)11-14-12)6-2-4-7(10)5-3-6/h2-5H,1H3/p+1. The third-order valence-electron chi connectivity index (χ3n) is 1.92. The Balaban J connectivity index is 2.60. The van der Waals surface area contributed by atoms with E-state index in [2.05, 4.69) is 4.37 Å². The molecule has 5 heteroatoms. The van der Waals surface area contributed by atoms with Gasteiger partial charge in [0.1, 0.15) is 0 Å². The van der Waals surface area contributed by atoms with Crippen LogP contribution in [-0.2, 0) is 7.05 Å². The summed E-state index contributed by atoms with van der Waals surface area (Å²) < 4.78 is 4.46. The summed E-state index contributed by atoms with van der Waals surface area (Å²) >= 11 is 7.04. The Hall–Kier alpha value is -1.13. The molecule has 1 aromatic heterocycles. The predicted molar refractivity (Wildman–Crippen MR) is 56.6 cm³/mol. The summed E-state index contributed by atoms with van der Waals surface area (Å²) in [6, 6.07) is 7.21. The van der Waals surface area contributed by atoms with E-state index in [1.165, 1.54) is 11.7 Å². The van der Waals surface area contributed by atoms with Crippen molar-refractivity contribution in [1.29, 1.82) is 0 Å². The molecule has 72 valence electrons. The molecular weight excluding hydrogens is 220 g/mol. The highest BCUT2D eigenvalue weighted by Gasteiger charge is 2.15. The topological polar surface area (TPSA) is 36.7 Å². The molecule has 0 spiro atoms. The quantitative estimate of drug-likeness (QED) is 0.738. The minimum absolute atomic E-state index is 0.0696. The van der Waals surface area contributed by atoms with Crippen LogP contribution in [0, 0.1) is 0 Å². The van der Waals surface area contributed by atoms with Crippen molar-refractivity contribution < 1.29 is 3.96 Å². The molecule has 2 aromatic rings. The van der Waals surface area contributed by atoms with Crippen LogP contribution in [0.25, 0.3) is 11.3 Å². The van der Waals surface area contributed by atoms with Gasteiger partial charge in [0.05, 0.1) is 7.05 Å². The average Bonchev–Trinajstić information content (AvgIpc) is 2.49. The largest absolute Gasteiger partial charge is 0.390 e. The van der Waals surface area contributed by atoms with Crippen molar-refractivity contribution in [1.82, 2.24) is 4.37 Å². The van der Waals surface area contributed by atoms with E-state index in [-0.39, 0.29) is 5.56 Å². The normalized spacial score (nSPS) is 10.4. The molecule has 0 bridgehead atoms. The number of aryl methyl sites for hydroxylation is 1. The Morgan fingerprint density at radius 1 is 1.36 bits per heavy atom. The molecule has 0 aliphatic rings. The second-order valence-electron chi connectivity index (χ2n) is 2.88. The predicted octanol–water partition coefficient (Wildman–Crippen LogP) is 1.58. The summed E-state index contributed by atoms with van der Waals surface area (Å²) in [6.45, 7) is 0. The maximum absolute atomic E-state index is 11.4. The first kappa shape index (κ1) is 9.43. The van der Waals surface area contributed by atoms with Crippen molar-refractivity contribution in [3.05, 3.63) is 39.6 Å². The summed E-state index contributed by atoms with van der Waals surface area (Å²) in [5.41, 5.74) is 1.46. The van der Waals surface area contributed by atoms with Crippen molar-refractivity contribution in [3.8, 4) is 11.3 Å². The van der Waals surface area contributed by atoms with E-state index in [1.54, 1.807) is 16.1 Å². The minimum Gasteiger partial charge on any atom is -0.235 e. The van der Waals surface area contributed by atoms with Gasteiger partial charge in [-0.1, -0.05) is 11.6 Å². The van der Waals surface area contributed by atoms with E-state index >= 15 is 0 Å². The number of rotatable bonds is 1. The van der Waals surface area contributed by atoms with E-state index in [0.29, 0.717) is 10.7 Å². The molecule has 0 atom stereocenters. The second-order valence-corrected chi connectivity index (χ2v) is 4.25. The number of aromatic nitrogens is 2. The van der Waals surface area contributed by atoms with Crippen LogP contribution in [0.15, 0.2) is 29.1 Å². The molecule has 0 aliphatic carbocycles.